The van der Waals surface area contributed by atoms with Crippen molar-refractivity contribution in [3.63, 3.8) is 0 Å². The molecule has 2 rings (SSSR count). The molecule has 0 saturated carbocycles. The van der Waals surface area contributed by atoms with Crippen molar-refractivity contribution >= 4 is 23.6 Å². The molecule has 2 aromatic carbocycles. The van der Waals surface area contributed by atoms with Crippen LogP contribution in [0.2, 0.25) is 0 Å². The summed E-state index contributed by atoms with van der Waals surface area (Å²) in [6.07, 6.45) is -0.631. The van der Waals surface area contributed by atoms with Crippen molar-refractivity contribution in [1.29, 1.82) is 0 Å². The van der Waals surface area contributed by atoms with Gasteiger partial charge in [0.2, 0.25) is 0 Å². The molecule has 0 spiro atoms. The molecule has 0 radical (unpaired) electrons. The highest BCUT2D eigenvalue weighted by atomic mass is 32.2. The standard InChI is InChI=1S/C17H17NO3S/c1-12-8-10-14(11-9-12)22-16(18-17(20)21-2)15(19)13-6-4-3-5-7-13/h3-11,16H,1-2H3,(H,18,20)/t16-/m1/s1. The van der Waals surface area contributed by atoms with Crippen molar-refractivity contribution < 1.29 is 14.3 Å². The average Bonchev–Trinajstić information content (AvgIpc) is 2.56. The quantitative estimate of drug-likeness (QED) is 0.520. The largest absolute Gasteiger partial charge is 0.453 e. The van der Waals surface area contributed by atoms with Gasteiger partial charge in [-0.3, -0.25) is 4.79 Å². The number of methoxy groups -OCH3 is 1. The second kappa shape index (κ2) is 7.66. The fourth-order valence-corrected chi connectivity index (χ4v) is 2.78. The molecule has 1 N–H and O–H groups in total. The smallest absolute Gasteiger partial charge is 0.408 e. The lowest BCUT2D eigenvalue weighted by molar-refractivity contribution is 0.0970. The normalized spacial score (nSPS) is 11.5. The topological polar surface area (TPSA) is 55.4 Å². The predicted molar refractivity (Wildman–Crippen MR) is 87.1 cm³/mol. The van der Waals surface area contributed by atoms with Crippen LogP contribution in [0, 0.1) is 6.92 Å². The highest BCUT2D eigenvalue weighted by Crippen LogP contribution is 2.25. The number of alkyl carbamates (subject to hydrolysis) is 1. The predicted octanol–water partition coefficient (Wildman–Crippen LogP) is 3.65. The Hall–Kier alpha value is -2.27. The van der Waals surface area contributed by atoms with E-state index in [0.717, 1.165) is 10.5 Å². The molecular weight excluding hydrogens is 298 g/mol. The zero-order valence-corrected chi connectivity index (χ0v) is 13.2. The molecule has 0 fully saturated rings. The minimum Gasteiger partial charge on any atom is -0.453 e. The molecule has 2 aromatic rings. The van der Waals surface area contributed by atoms with Crippen LogP contribution in [-0.2, 0) is 4.74 Å². The van der Waals surface area contributed by atoms with E-state index in [1.807, 2.05) is 37.3 Å². The van der Waals surface area contributed by atoms with Crippen molar-refractivity contribution in [3.05, 3.63) is 65.7 Å². The van der Waals surface area contributed by atoms with E-state index in [1.54, 1.807) is 24.3 Å². The third-order valence-electron chi connectivity index (χ3n) is 3.01. The van der Waals surface area contributed by atoms with Gasteiger partial charge in [0.1, 0.15) is 5.37 Å². The van der Waals surface area contributed by atoms with Crippen LogP contribution in [0.4, 0.5) is 4.79 Å². The molecule has 1 atom stereocenters. The number of thioether (sulfide) groups is 1. The van der Waals surface area contributed by atoms with Gasteiger partial charge in [0.25, 0.3) is 0 Å². The number of ketones is 1. The van der Waals surface area contributed by atoms with Crippen molar-refractivity contribution in [1.82, 2.24) is 5.32 Å². The summed E-state index contributed by atoms with van der Waals surface area (Å²) in [5.74, 6) is -0.170. The highest BCUT2D eigenvalue weighted by Gasteiger charge is 2.23. The molecule has 0 saturated heterocycles. The summed E-state index contributed by atoms with van der Waals surface area (Å²) >= 11 is 1.28. The summed E-state index contributed by atoms with van der Waals surface area (Å²) in [5, 5.41) is 1.84. The van der Waals surface area contributed by atoms with Gasteiger partial charge in [-0.2, -0.15) is 0 Å². The molecular formula is C17H17NO3S. The first kappa shape index (κ1) is 16.1. The Morgan fingerprint density at radius 1 is 1.05 bits per heavy atom. The number of hydrogen-bond donors (Lipinski definition) is 1. The van der Waals surface area contributed by atoms with E-state index in [2.05, 4.69) is 10.1 Å². The number of rotatable bonds is 5. The van der Waals surface area contributed by atoms with Crippen LogP contribution in [-0.4, -0.2) is 24.4 Å². The maximum atomic E-state index is 12.6. The summed E-state index contributed by atoms with van der Waals surface area (Å²) in [5.41, 5.74) is 1.68. The van der Waals surface area contributed by atoms with Crippen LogP contribution in [0.5, 0.6) is 0 Å². The van der Waals surface area contributed by atoms with Crippen molar-refractivity contribution in [3.8, 4) is 0 Å². The summed E-state index contributed by atoms with van der Waals surface area (Å²) in [7, 11) is 1.27. The third-order valence-corrected chi connectivity index (χ3v) is 4.12. The first-order valence-corrected chi connectivity index (χ1v) is 7.65. The molecule has 22 heavy (non-hydrogen) atoms. The molecule has 5 heteroatoms. The van der Waals surface area contributed by atoms with Gasteiger partial charge < -0.3 is 10.1 Å². The molecule has 114 valence electrons. The zero-order chi connectivity index (χ0) is 15.9. The molecule has 0 aliphatic carbocycles. The van der Waals surface area contributed by atoms with Gasteiger partial charge >= 0.3 is 6.09 Å². The second-order valence-electron chi connectivity index (χ2n) is 4.68. The van der Waals surface area contributed by atoms with Crippen LogP contribution < -0.4 is 5.32 Å². The minimum absolute atomic E-state index is 0.170. The number of nitrogens with one attached hydrogen (secondary N) is 1. The molecule has 0 aliphatic rings. The number of Topliss-reactive ketones (excluding diaryl/α,β-unsaturated/α-hetero) is 1. The van der Waals surface area contributed by atoms with Crippen molar-refractivity contribution in [2.75, 3.05) is 7.11 Å². The highest BCUT2D eigenvalue weighted by molar-refractivity contribution is 8.00. The average molecular weight is 315 g/mol. The van der Waals surface area contributed by atoms with Gasteiger partial charge in [0, 0.05) is 10.5 Å². The Morgan fingerprint density at radius 2 is 1.68 bits per heavy atom. The maximum absolute atomic E-state index is 12.6. The second-order valence-corrected chi connectivity index (χ2v) is 5.86. The van der Waals surface area contributed by atoms with E-state index >= 15 is 0 Å². The Bertz CT molecular complexity index is 641. The number of aryl methyl sites for hydroxylation is 1. The van der Waals surface area contributed by atoms with Crippen LogP contribution in [0.25, 0.3) is 0 Å². The van der Waals surface area contributed by atoms with E-state index < -0.39 is 11.5 Å². The Morgan fingerprint density at radius 3 is 2.27 bits per heavy atom. The van der Waals surface area contributed by atoms with Gasteiger partial charge in [-0.05, 0) is 19.1 Å². The fourth-order valence-electron chi connectivity index (χ4n) is 1.82. The van der Waals surface area contributed by atoms with Gasteiger partial charge in [-0.1, -0.05) is 59.8 Å². The first-order chi connectivity index (χ1) is 10.6. The number of carbonyl (C=O) groups excluding carboxylic acids is 2. The molecule has 0 aliphatic heterocycles. The first-order valence-electron chi connectivity index (χ1n) is 6.77. The molecule has 0 aromatic heterocycles. The minimum atomic E-state index is -0.738. The number of amides is 1. The van der Waals surface area contributed by atoms with Gasteiger partial charge in [0.05, 0.1) is 7.11 Å². The van der Waals surface area contributed by atoms with Crippen LogP contribution in [0.1, 0.15) is 15.9 Å². The number of ether oxygens (including phenoxy) is 1. The van der Waals surface area contributed by atoms with Crippen LogP contribution >= 0.6 is 11.8 Å². The number of benzene rings is 2. The maximum Gasteiger partial charge on any atom is 0.408 e. The number of hydrogen-bond acceptors (Lipinski definition) is 4. The molecule has 0 heterocycles. The Balaban J connectivity index is 2.20. The molecule has 4 nitrogen and oxygen atoms in total. The molecule has 0 bridgehead atoms. The lowest BCUT2D eigenvalue weighted by atomic mass is 10.1. The van der Waals surface area contributed by atoms with Gasteiger partial charge in [0.15, 0.2) is 5.78 Å². The van der Waals surface area contributed by atoms with E-state index in [0.29, 0.717) is 5.56 Å². The Labute approximate surface area is 133 Å². The van der Waals surface area contributed by atoms with E-state index in [-0.39, 0.29) is 5.78 Å². The summed E-state index contributed by atoms with van der Waals surface area (Å²) < 4.78 is 4.61. The summed E-state index contributed by atoms with van der Waals surface area (Å²) in [6, 6.07) is 16.6. The molecule has 0 unspecified atom stereocenters. The number of carbonyl (C=O) groups is 2. The summed E-state index contributed by atoms with van der Waals surface area (Å²) in [6.45, 7) is 1.99. The van der Waals surface area contributed by atoms with E-state index in [9.17, 15) is 9.59 Å². The summed E-state index contributed by atoms with van der Waals surface area (Å²) in [4.78, 5) is 25.0. The zero-order valence-electron chi connectivity index (χ0n) is 12.4. The Kier molecular flexibility index (Phi) is 5.61. The van der Waals surface area contributed by atoms with Gasteiger partial charge in [-0.25, -0.2) is 4.79 Å². The monoisotopic (exact) mass is 315 g/mol. The lowest BCUT2D eigenvalue weighted by Crippen LogP contribution is -2.38. The van der Waals surface area contributed by atoms with E-state index in [4.69, 9.17) is 0 Å². The SMILES string of the molecule is COC(=O)N[C@H](Sc1ccc(C)cc1)C(=O)c1ccccc1. The van der Waals surface area contributed by atoms with Gasteiger partial charge in [-0.15, -0.1) is 0 Å². The van der Waals surface area contributed by atoms with Crippen LogP contribution in [0.3, 0.4) is 0 Å². The lowest BCUT2D eigenvalue weighted by Gasteiger charge is -2.16. The third kappa shape index (κ3) is 4.36. The van der Waals surface area contributed by atoms with E-state index in [1.165, 1.54) is 18.9 Å². The van der Waals surface area contributed by atoms with Crippen molar-refractivity contribution in [2.45, 2.75) is 17.2 Å². The fraction of sp³-hybridized carbons (Fsp3) is 0.176. The van der Waals surface area contributed by atoms with Crippen molar-refractivity contribution in [2.24, 2.45) is 0 Å². The van der Waals surface area contributed by atoms with Crippen LogP contribution in [0.15, 0.2) is 59.5 Å². The molecule has 1 amide bonds.